The van der Waals surface area contributed by atoms with Crippen LogP contribution in [0, 0.1) is 0 Å². The van der Waals surface area contributed by atoms with Crippen LogP contribution in [0.15, 0.2) is 67.4 Å². The minimum Gasteiger partial charge on any atom is -0.354 e. The Morgan fingerprint density at radius 3 is 2.87 bits per heavy atom. The number of nitrogens with zero attached hydrogens (tertiary/aromatic N) is 4. The molecule has 1 fully saturated rings. The molecule has 3 aromatic rings. The Bertz CT molecular complexity index is 990. The van der Waals surface area contributed by atoms with E-state index in [2.05, 4.69) is 25.5 Å². The summed E-state index contributed by atoms with van der Waals surface area (Å²) in [5.41, 5.74) is 1.14. The van der Waals surface area contributed by atoms with E-state index in [1.54, 1.807) is 43.0 Å². The summed E-state index contributed by atoms with van der Waals surface area (Å²) in [6.07, 6.45) is 8.15. The standard InChI is InChI=1S/C22H24N6O2/c29-21(8-11-27-13-10-23-16-27)25-18-5-3-4-17(14-18)22(30)26-19-7-12-28(15-19)20-6-1-2-9-24-20/h1-6,9-10,13-14,16,19H,7-8,11-12,15H2,(H,25,29)(H,26,30). The van der Waals surface area contributed by atoms with E-state index >= 15 is 0 Å². The summed E-state index contributed by atoms with van der Waals surface area (Å²) < 4.78 is 1.85. The maximum atomic E-state index is 12.7. The molecule has 1 saturated heterocycles. The molecule has 2 amide bonds. The lowest BCUT2D eigenvalue weighted by Crippen LogP contribution is -2.37. The van der Waals surface area contributed by atoms with Gasteiger partial charge in [0.15, 0.2) is 0 Å². The molecule has 8 heteroatoms. The fourth-order valence-corrected chi connectivity index (χ4v) is 3.51. The number of imidazole rings is 1. The summed E-state index contributed by atoms with van der Waals surface area (Å²) >= 11 is 0. The van der Waals surface area contributed by atoms with Gasteiger partial charge in [-0.15, -0.1) is 0 Å². The van der Waals surface area contributed by atoms with Crippen molar-refractivity contribution in [2.24, 2.45) is 0 Å². The lowest BCUT2D eigenvalue weighted by atomic mass is 10.1. The second kappa shape index (κ2) is 9.21. The maximum absolute atomic E-state index is 12.7. The highest BCUT2D eigenvalue weighted by Crippen LogP contribution is 2.18. The second-order valence-electron chi connectivity index (χ2n) is 7.27. The van der Waals surface area contributed by atoms with E-state index in [0.29, 0.717) is 24.2 Å². The van der Waals surface area contributed by atoms with Gasteiger partial charge in [0, 0.05) is 61.9 Å². The van der Waals surface area contributed by atoms with Gasteiger partial charge < -0.3 is 20.1 Å². The average Bonchev–Trinajstić information content (AvgIpc) is 3.45. The zero-order chi connectivity index (χ0) is 20.8. The van der Waals surface area contributed by atoms with Crippen molar-refractivity contribution < 1.29 is 9.59 Å². The predicted octanol–water partition coefficient (Wildman–Crippen LogP) is 2.32. The summed E-state index contributed by atoms with van der Waals surface area (Å²) in [6, 6.07) is 12.9. The third kappa shape index (κ3) is 5.02. The Labute approximate surface area is 175 Å². The topological polar surface area (TPSA) is 92.1 Å². The fourth-order valence-electron chi connectivity index (χ4n) is 3.51. The fraction of sp³-hybridized carbons (Fsp3) is 0.273. The van der Waals surface area contributed by atoms with Gasteiger partial charge in [-0.05, 0) is 36.8 Å². The molecule has 0 saturated carbocycles. The highest BCUT2D eigenvalue weighted by Gasteiger charge is 2.25. The first-order valence-corrected chi connectivity index (χ1v) is 10.00. The van der Waals surface area contributed by atoms with Crippen LogP contribution in [0.25, 0.3) is 0 Å². The van der Waals surface area contributed by atoms with Crippen molar-refractivity contribution in [1.82, 2.24) is 19.9 Å². The third-order valence-corrected chi connectivity index (χ3v) is 5.06. The van der Waals surface area contributed by atoms with Gasteiger partial charge in [-0.3, -0.25) is 9.59 Å². The molecule has 8 nitrogen and oxygen atoms in total. The van der Waals surface area contributed by atoms with Gasteiger partial charge in [0.2, 0.25) is 5.91 Å². The van der Waals surface area contributed by atoms with Gasteiger partial charge in [0.1, 0.15) is 5.82 Å². The van der Waals surface area contributed by atoms with Crippen molar-refractivity contribution in [2.75, 3.05) is 23.3 Å². The number of hydrogen-bond acceptors (Lipinski definition) is 5. The van der Waals surface area contributed by atoms with Gasteiger partial charge in [-0.2, -0.15) is 0 Å². The molecule has 30 heavy (non-hydrogen) atoms. The zero-order valence-electron chi connectivity index (χ0n) is 16.6. The number of amides is 2. The average molecular weight is 404 g/mol. The van der Waals surface area contributed by atoms with Crippen LogP contribution >= 0.6 is 0 Å². The molecule has 0 radical (unpaired) electrons. The molecule has 1 aromatic carbocycles. The molecule has 0 aliphatic carbocycles. The molecule has 1 atom stereocenters. The lowest BCUT2D eigenvalue weighted by molar-refractivity contribution is -0.116. The SMILES string of the molecule is O=C(CCn1ccnc1)Nc1cccc(C(=O)NC2CCN(c3ccccn3)C2)c1. The van der Waals surface area contributed by atoms with Crippen LogP contribution in [0.5, 0.6) is 0 Å². The van der Waals surface area contributed by atoms with Crippen LogP contribution in [0.1, 0.15) is 23.2 Å². The molecule has 0 bridgehead atoms. The van der Waals surface area contributed by atoms with Crippen molar-refractivity contribution in [3.8, 4) is 0 Å². The number of anilines is 2. The summed E-state index contributed by atoms with van der Waals surface area (Å²) in [5, 5.41) is 5.94. The van der Waals surface area contributed by atoms with Crippen molar-refractivity contribution in [3.05, 3.63) is 72.9 Å². The number of aromatic nitrogens is 3. The van der Waals surface area contributed by atoms with Crippen molar-refractivity contribution in [2.45, 2.75) is 25.4 Å². The minimum atomic E-state index is -0.141. The first kappa shape index (κ1) is 19.6. The normalized spacial score (nSPS) is 15.7. The predicted molar refractivity (Wildman–Crippen MR) is 114 cm³/mol. The number of pyridine rings is 1. The first-order chi connectivity index (χ1) is 14.7. The highest BCUT2D eigenvalue weighted by atomic mass is 16.2. The van der Waals surface area contributed by atoms with Crippen LogP contribution in [0.2, 0.25) is 0 Å². The summed E-state index contributed by atoms with van der Waals surface area (Å²) in [7, 11) is 0. The van der Waals surface area contributed by atoms with E-state index in [1.165, 1.54) is 0 Å². The van der Waals surface area contributed by atoms with E-state index in [9.17, 15) is 9.59 Å². The molecule has 2 aromatic heterocycles. The van der Waals surface area contributed by atoms with Crippen LogP contribution in [0.4, 0.5) is 11.5 Å². The number of nitrogens with one attached hydrogen (secondary N) is 2. The summed E-state index contributed by atoms with van der Waals surface area (Å²) in [5.74, 6) is 0.676. The van der Waals surface area contributed by atoms with Crippen LogP contribution in [0.3, 0.4) is 0 Å². The largest absolute Gasteiger partial charge is 0.354 e. The monoisotopic (exact) mass is 404 g/mol. The molecule has 1 aliphatic heterocycles. The highest BCUT2D eigenvalue weighted by molar-refractivity contribution is 5.97. The van der Waals surface area contributed by atoms with E-state index in [-0.39, 0.29) is 17.9 Å². The van der Waals surface area contributed by atoms with Gasteiger partial charge in [0.25, 0.3) is 5.91 Å². The van der Waals surface area contributed by atoms with Crippen molar-refractivity contribution in [1.29, 1.82) is 0 Å². The molecule has 2 N–H and O–H groups in total. The smallest absolute Gasteiger partial charge is 0.251 e. The van der Waals surface area contributed by atoms with Crippen LogP contribution in [-0.4, -0.2) is 45.5 Å². The Morgan fingerprint density at radius 2 is 2.07 bits per heavy atom. The number of aryl methyl sites for hydroxylation is 1. The number of hydrogen-bond donors (Lipinski definition) is 2. The van der Waals surface area contributed by atoms with E-state index < -0.39 is 0 Å². The van der Waals surface area contributed by atoms with Crippen molar-refractivity contribution in [3.63, 3.8) is 0 Å². The van der Waals surface area contributed by atoms with Gasteiger partial charge in [-0.25, -0.2) is 9.97 Å². The van der Waals surface area contributed by atoms with E-state index in [1.807, 2.05) is 29.0 Å². The third-order valence-electron chi connectivity index (χ3n) is 5.06. The minimum absolute atomic E-state index is 0.0629. The van der Waals surface area contributed by atoms with Crippen LogP contribution in [-0.2, 0) is 11.3 Å². The molecule has 3 heterocycles. The number of carbonyl (C=O) groups is 2. The van der Waals surface area contributed by atoms with Gasteiger partial charge in [0.05, 0.1) is 6.33 Å². The number of carbonyl (C=O) groups excluding carboxylic acids is 2. The quantitative estimate of drug-likeness (QED) is 0.631. The van der Waals surface area contributed by atoms with E-state index in [4.69, 9.17) is 0 Å². The molecule has 154 valence electrons. The van der Waals surface area contributed by atoms with E-state index in [0.717, 1.165) is 25.3 Å². The molecule has 0 spiro atoms. The number of benzene rings is 1. The molecular weight excluding hydrogens is 380 g/mol. The Balaban J connectivity index is 1.30. The molecule has 4 rings (SSSR count). The summed E-state index contributed by atoms with van der Waals surface area (Å²) in [6.45, 7) is 2.14. The Morgan fingerprint density at radius 1 is 1.13 bits per heavy atom. The number of rotatable bonds is 7. The molecular formula is C22H24N6O2. The Hall–Kier alpha value is -3.68. The van der Waals surface area contributed by atoms with Crippen LogP contribution < -0.4 is 15.5 Å². The lowest BCUT2D eigenvalue weighted by Gasteiger charge is -2.18. The van der Waals surface area contributed by atoms with Gasteiger partial charge in [-0.1, -0.05) is 12.1 Å². The maximum Gasteiger partial charge on any atom is 0.251 e. The van der Waals surface area contributed by atoms with Gasteiger partial charge >= 0.3 is 0 Å². The first-order valence-electron chi connectivity index (χ1n) is 10.00. The molecule has 1 aliphatic rings. The zero-order valence-corrected chi connectivity index (χ0v) is 16.6. The molecule has 1 unspecified atom stereocenters. The Kier molecular flexibility index (Phi) is 6.03. The summed E-state index contributed by atoms with van der Waals surface area (Å²) in [4.78, 5) is 35.4. The van der Waals surface area contributed by atoms with Crippen molar-refractivity contribution >= 4 is 23.3 Å². The second-order valence-corrected chi connectivity index (χ2v) is 7.27.